The van der Waals surface area contributed by atoms with Gasteiger partial charge in [-0.15, -0.1) is 0 Å². The molecule has 0 saturated carbocycles. The zero-order valence-electron chi connectivity index (χ0n) is 6.44. The Balaban J connectivity index is 3.21. The molecule has 0 fully saturated rings. The lowest BCUT2D eigenvalue weighted by atomic mass is 10.4. The van der Waals surface area contributed by atoms with Gasteiger partial charge in [-0.1, -0.05) is 0 Å². The van der Waals surface area contributed by atoms with Crippen LogP contribution in [0.4, 0.5) is 17.3 Å². The van der Waals surface area contributed by atoms with Crippen LogP contribution in [0.5, 0.6) is 0 Å². The molecule has 0 saturated heterocycles. The van der Waals surface area contributed by atoms with Gasteiger partial charge in [0, 0.05) is 13.1 Å². The summed E-state index contributed by atoms with van der Waals surface area (Å²) in [6.07, 6.45) is 0. The standard InChI is InChI=1S/C6H8N4O2/c1-8-4-2-3-5(7)9-6(4)10(11)12/h2-3,8H,1H3,(H2,7,9). The average molecular weight is 168 g/mol. The molecule has 0 amide bonds. The van der Waals surface area contributed by atoms with E-state index in [4.69, 9.17) is 5.73 Å². The molecule has 3 N–H and O–H groups in total. The summed E-state index contributed by atoms with van der Waals surface area (Å²) in [6.45, 7) is 0. The quantitative estimate of drug-likeness (QED) is 0.498. The minimum absolute atomic E-state index is 0.140. The van der Waals surface area contributed by atoms with Gasteiger partial charge in [-0.25, -0.2) is 0 Å². The molecule has 1 rings (SSSR count). The molecule has 0 unspecified atom stereocenters. The van der Waals surface area contributed by atoms with E-state index in [1.807, 2.05) is 0 Å². The van der Waals surface area contributed by atoms with Crippen molar-refractivity contribution >= 4 is 17.3 Å². The average Bonchev–Trinajstić information content (AvgIpc) is 2.04. The summed E-state index contributed by atoms with van der Waals surface area (Å²) in [4.78, 5) is 13.4. The number of aromatic nitrogens is 1. The molecule has 0 aromatic carbocycles. The summed E-state index contributed by atoms with van der Waals surface area (Å²) in [6, 6.07) is 3.01. The number of nitrogens with zero attached hydrogens (tertiary/aromatic N) is 2. The molecule has 0 radical (unpaired) electrons. The van der Waals surface area contributed by atoms with E-state index < -0.39 is 4.92 Å². The number of rotatable bonds is 2. The van der Waals surface area contributed by atoms with Gasteiger partial charge in [0.15, 0.2) is 0 Å². The predicted molar refractivity (Wildman–Crippen MR) is 44.9 cm³/mol. The van der Waals surface area contributed by atoms with Gasteiger partial charge in [0.1, 0.15) is 5.69 Å². The van der Waals surface area contributed by atoms with Crippen LogP contribution in [0.1, 0.15) is 0 Å². The fourth-order valence-electron chi connectivity index (χ4n) is 0.797. The van der Waals surface area contributed by atoms with Gasteiger partial charge in [0.05, 0.1) is 0 Å². The van der Waals surface area contributed by atoms with Crippen molar-refractivity contribution in [2.75, 3.05) is 18.1 Å². The zero-order valence-corrected chi connectivity index (χ0v) is 6.44. The van der Waals surface area contributed by atoms with E-state index in [0.29, 0.717) is 5.69 Å². The molecule has 0 spiro atoms. The molecule has 6 heteroatoms. The zero-order chi connectivity index (χ0) is 9.14. The smallest absolute Gasteiger partial charge is 0.381 e. The molecule has 64 valence electrons. The summed E-state index contributed by atoms with van der Waals surface area (Å²) < 4.78 is 0. The maximum absolute atomic E-state index is 10.4. The Bertz CT molecular complexity index is 312. The van der Waals surface area contributed by atoms with Gasteiger partial charge in [-0.3, -0.25) is 0 Å². The normalized spacial score (nSPS) is 9.42. The minimum atomic E-state index is -0.581. The highest BCUT2D eigenvalue weighted by Gasteiger charge is 2.14. The first-order valence-electron chi connectivity index (χ1n) is 3.24. The third kappa shape index (κ3) is 1.42. The van der Waals surface area contributed by atoms with Crippen LogP contribution in [0.15, 0.2) is 12.1 Å². The molecule has 0 aliphatic heterocycles. The Morgan fingerprint density at radius 3 is 2.83 bits per heavy atom. The first-order valence-corrected chi connectivity index (χ1v) is 3.24. The van der Waals surface area contributed by atoms with E-state index in [-0.39, 0.29) is 11.6 Å². The van der Waals surface area contributed by atoms with Gasteiger partial charge in [0.25, 0.3) is 0 Å². The van der Waals surface area contributed by atoms with Crippen LogP contribution in [0.25, 0.3) is 0 Å². The number of anilines is 2. The first kappa shape index (κ1) is 8.25. The SMILES string of the molecule is CNc1ccc(N)nc1[N+](=O)[O-]. The van der Waals surface area contributed by atoms with E-state index in [0.717, 1.165) is 0 Å². The van der Waals surface area contributed by atoms with Crippen LogP contribution < -0.4 is 11.1 Å². The van der Waals surface area contributed by atoms with Crippen LogP contribution in [-0.4, -0.2) is 17.0 Å². The fourth-order valence-corrected chi connectivity index (χ4v) is 0.797. The van der Waals surface area contributed by atoms with Crippen molar-refractivity contribution in [1.29, 1.82) is 0 Å². The molecule has 0 aliphatic carbocycles. The van der Waals surface area contributed by atoms with E-state index in [1.54, 1.807) is 7.05 Å². The summed E-state index contributed by atoms with van der Waals surface area (Å²) >= 11 is 0. The van der Waals surface area contributed by atoms with Gasteiger partial charge < -0.3 is 21.2 Å². The number of nitrogens with one attached hydrogen (secondary N) is 1. The van der Waals surface area contributed by atoms with E-state index in [2.05, 4.69) is 10.3 Å². The number of nitro groups is 1. The van der Waals surface area contributed by atoms with Crippen LogP contribution in [0, 0.1) is 10.1 Å². The predicted octanol–water partition coefficient (Wildman–Crippen LogP) is 0.614. The van der Waals surface area contributed by atoms with Crippen LogP contribution >= 0.6 is 0 Å². The number of hydrogen-bond acceptors (Lipinski definition) is 5. The Morgan fingerprint density at radius 1 is 1.67 bits per heavy atom. The van der Waals surface area contributed by atoms with Crippen molar-refractivity contribution in [2.45, 2.75) is 0 Å². The summed E-state index contributed by atoms with van der Waals surface area (Å²) in [7, 11) is 1.58. The van der Waals surface area contributed by atoms with Crippen molar-refractivity contribution in [3.8, 4) is 0 Å². The summed E-state index contributed by atoms with van der Waals surface area (Å²) in [5.41, 5.74) is 5.63. The summed E-state index contributed by atoms with van der Waals surface area (Å²) in [5.74, 6) is -0.113. The summed E-state index contributed by atoms with van der Waals surface area (Å²) in [5, 5.41) is 13.0. The maximum Gasteiger partial charge on any atom is 0.389 e. The van der Waals surface area contributed by atoms with E-state index in [9.17, 15) is 10.1 Å². The second-order valence-corrected chi connectivity index (χ2v) is 2.11. The van der Waals surface area contributed by atoms with Gasteiger partial charge in [0.2, 0.25) is 5.82 Å². The second kappa shape index (κ2) is 3.04. The van der Waals surface area contributed by atoms with E-state index in [1.165, 1.54) is 12.1 Å². The Hall–Kier alpha value is -1.85. The molecule has 0 bridgehead atoms. The molecular formula is C6H8N4O2. The topological polar surface area (TPSA) is 94.1 Å². The number of nitrogen functional groups attached to an aromatic ring is 1. The van der Waals surface area contributed by atoms with Gasteiger partial charge in [-0.2, -0.15) is 0 Å². The molecule has 1 aromatic heterocycles. The highest BCUT2D eigenvalue weighted by molar-refractivity contribution is 5.59. The van der Waals surface area contributed by atoms with Crippen molar-refractivity contribution in [3.05, 3.63) is 22.2 Å². The molecule has 12 heavy (non-hydrogen) atoms. The number of pyridine rings is 1. The molecule has 1 aromatic rings. The molecule has 0 aliphatic rings. The van der Waals surface area contributed by atoms with Crippen molar-refractivity contribution in [3.63, 3.8) is 0 Å². The third-order valence-electron chi connectivity index (χ3n) is 1.34. The van der Waals surface area contributed by atoms with Gasteiger partial charge in [-0.05, 0) is 16.0 Å². The maximum atomic E-state index is 10.4. The lowest BCUT2D eigenvalue weighted by Crippen LogP contribution is -2.01. The lowest BCUT2D eigenvalue weighted by Gasteiger charge is -1.99. The van der Waals surface area contributed by atoms with Crippen molar-refractivity contribution in [1.82, 2.24) is 4.98 Å². The molecule has 1 heterocycles. The van der Waals surface area contributed by atoms with Crippen LogP contribution in [-0.2, 0) is 0 Å². The van der Waals surface area contributed by atoms with Crippen LogP contribution in [0.3, 0.4) is 0 Å². The minimum Gasteiger partial charge on any atom is -0.381 e. The first-order chi connectivity index (χ1) is 5.65. The number of nitrogens with two attached hydrogens (primary N) is 1. The Morgan fingerprint density at radius 2 is 2.33 bits per heavy atom. The second-order valence-electron chi connectivity index (χ2n) is 2.11. The van der Waals surface area contributed by atoms with Crippen molar-refractivity contribution < 1.29 is 4.92 Å². The Labute approximate surface area is 68.6 Å². The third-order valence-corrected chi connectivity index (χ3v) is 1.34. The van der Waals surface area contributed by atoms with Crippen molar-refractivity contribution in [2.24, 2.45) is 0 Å². The molecular weight excluding hydrogens is 160 g/mol. The molecule has 0 atom stereocenters. The Kier molecular flexibility index (Phi) is 2.09. The molecule has 6 nitrogen and oxygen atoms in total. The van der Waals surface area contributed by atoms with Gasteiger partial charge >= 0.3 is 5.82 Å². The number of hydrogen-bond donors (Lipinski definition) is 2. The highest BCUT2D eigenvalue weighted by atomic mass is 16.6. The van der Waals surface area contributed by atoms with E-state index >= 15 is 0 Å². The highest BCUT2D eigenvalue weighted by Crippen LogP contribution is 2.21. The lowest BCUT2D eigenvalue weighted by molar-refractivity contribution is -0.388. The monoisotopic (exact) mass is 168 g/mol. The fraction of sp³-hybridized carbons (Fsp3) is 0.167. The largest absolute Gasteiger partial charge is 0.389 e. The van der Waals surface area contributed by atoms with Crippen LogP contribution in [0.2, 0.25) is 0 Å².